The number of para-hydroxylation sites is 1. The van der Waals surface area contributed by atoms with E-state index in [2.05, 4.69) is 5.32 Å². The number of methoxy groups -OCH3 is 1. The fraction of sp³-hybridized carbons (Fsp3) is 0.364. The van der Waals surface area contributed by atoms with Gasteiger partial charge in [-0.25, -0.2) is 0 Å². The molecule has 150 valence electrons. The van der Waals surface area contributed by atoms with Gasteiger partial charge in [-0.05, 0) is 56.5 Å². The SMILES string of the molecule is CCOc1ccccc1CCC(=O)O[C@@H](C)C(=O)Nc1cc(C)ccc1OC. The molecule has 0 aromatic heterocycles. The monoisotopic (exact) mass is 385 g/mol. The molecule has 0 unspecified atom stereocenters. The highest BCUT2D eigenvalue weighted by atomic mass is 16.5. The summed E-state index contributed by atoms with van der Waals surface area (Å²) in [6, 6.07) is 13.0. The number of esters is 1. The van der Waals surface area contributed by atoms with Crippen LogP contribution in [0.1, 0.15) is 31.4 Å². The second-order valence-electron chi connectivity index (χ2n) is 6.37. The molecule has 1 N–H and O–H groups in total. The number of nitrogens with one attached hydrogen (secondary N) is 1. The Morgan fingerprint density at radius 1 is 1.11 bits per heavy atom. The predicted octanol–water partition coefficient (Wildman–Crippen LogP) is 3.91. The Balaban J connectivity index is 1.90. The third-order valence-corrected chi connectivity index (χ3v) is 4.16. The molecule has 0 aliphatic heterocycles. The van der Waals surface area contributed by atoms with Gasteiger partial charge in [-0.3, -0.25) is 9.59 Å². The van der Waals surface area contributed by atoms with Gasteiger partial charge in [0, 0.05) is 6.42 Å². The quantitative estimate of drug-likeness (QED) is 0.663. The molecule has 0 aliphatic rings. The van der Waals surface area contributed by atoms with Gasteiger partial charge in [0.25, 0.3) is 5.91 Å². The molecule has 0 saturated heterocycles. The van der Waals surface area contributed by atoms with Crippen molar-refractivity contribution in [3.63, 3.8) is 0 Å². The van der Waals surface area contributed by atoms with Gasteiger partial charge in [-0.15, -0.1) is 0 Å². The van der Waals surface area contributed by atoms with Crippen molar-refractivity contribution < 1.29 is 23.8 Å². The van der Waals surface area contributed by atoms with Crippen LogP contribution >= 0.6 is 0 Å². The Morgan fingerprint density at radius 3 is 2.57 bits per heavy atom. The van der Waals surface area contributed by atoms with Crippen LogP contribution in [0.4, 0.5) is 5.69 Å². The normalized spacial score (nSPS) is 11.4. The van der Waals surface area contributed by atoms with E-state index < -0.39 is 18.0 Å². The van der Waals surface area contributed by atoms with E-state index in [-0.39, 0.29) is 6.42 Å². The van der Waals surface area contributed by atoms with Gasteiger partial charge >= 0.3 is 5.97 Å². The first-order chi connectivity index (χ1) is 13.4. The summed E-state index contributed by atoms with van der Waals surface area (Å²) in [5, 5.41) is 2.75. The Hall–Kier alpha value is -3.02. The lowest BCUT2D eigenvalue weighted by Crippen LogP contribution is -2.30. The second-order valence-corrected chi connectivity index (χ2v) is 6.37. The summed E-state index contributed by atoms with van der Waals surface area (Å²) < 4.78 is 16.1. The van der Waals surface area contributed by atoms with Crippen molar-refractivity contribution in [3.8, 4) is 11.5 Å². The van der Waals surface area contributed by atoms with Crippen LogP contribution in [-0.4, -0.2) is 31.7 Å². The molecule has 0 spiro atoms. The van der Waals surface area contributed by atoms with Gasteiger partial charge in [-0.2, -0.15) is 0 Å². The predicted molar refractivity (Wildman–Crippen MR) is 108 cm³/mol. The number of amides is 1. The van der Waals surface area contributed by atoms with Crippen molar-refractivity contribution in [2.24, 2.45) is 0 Å². The van der Waals surface area contributed by atoms with Crippen molar-refractivity contribution in [3.05, 3.63) is 53.6 Å². The van der Waals surface area contributed by atoms with Crippen LogP contribution in [0.3, 0.4) is 0 Å². The molecule has 0 heterocycles. The molecule has 6 nitrogen and oxygen atoms in total. The van der Waals surface area contributed by atoms with Crippen LogP contribution in [0, 0.1) is 6.92 Å². The lowest BCUT2D eigenvalue weighted by Gasteiger charge is -2.16. The summed E-state index contributed by atoms with van der Waals surface area (Å²) in [5.74, 6) is 0.456. The zero-order valence-corrected chi connectivity index (χ0v) is 16.8. The largest absolute Gasteiger partial charge is 0.495 e. The van der Waals surface area contributed by atoms with Crippen LogP contribution in [0.25, 0.3) is 0 Å². The average molecular weight is 385 g/mol. The first kappa shape index (κ1) is 21.3. The van der Waals surface area contributed by atoms with E-state index in [1.807, 2.05) is 44.2 Å². The van der Waals surface area contributed by atoms with Crippen molar-refractivity contribution in [1.29, 1.82) is 0 Å². The van der Waals surface area contributed by atoms with Crippen molar-refractivity contribution >= 4 is 17.6 Å². The Labute approximate surface area is 165 Å². The molecule has 28 heavy (non-hydrogen) atoms. The smallest absolute Gasteiger partial charge is 0.306 e. The number of rotatable bonds is 9. The zero-order valence-electron chi connectivity index (χ0n) is 16.8. The van der Waals surface area contributed by atoms with E-state index in [1.165, 1.54) is 7.11 Å². The Bertz CT molecular complexity index is 818. The van der Waals surface area contributed by atoms with Gasteiger partial charge in [0.05, 0.1) is 19.4 Å². The number of hydrogen-bond donors (Lipinski definition) is 1. The van der Waals surface area contributed by atoms with E-state index >= 15 is 0 Å². The molecule has 2 rings (SSSR count). The minimum absolute atomic E-state index is 0.162. The van der Waals surface area contributed by atoms with Crippen LogP contribution in [0.2, 0.25) is 0 Å². The molecule has 6 heteroatoms. The molecule has 2 aromatic carbocycles. The fourth-order valence-electron chi connectivity index (χ4n) is 2.71. The number of carbonyl (C=O) groups excluding carboxylic acids is 2. The van der Waals surface area contributed by atoms with Crippen molar-refractivity contribution in [2.45, 2.75) is 39.7 Å². The fourth-order valence-corrected chi connectivity index (χ4v) is 2.71. The van der Waals surface area contributed by atoms with E-state index in [1.54, 1.807) is 19.1 Å². The molecule has 0 saturated carbocycles. The lowest BCUT2D eigenvalue weighted by molar-refractivity contribution is -0.153. The average Bonchev–Trinajstić information content (AvgIpc) is 2.67. The first-order valence-electron chi connectivity index (χ1n) is 9.30. The maximum atomic E-state index is 12.4. The number of anilines is 1. The first-order valence-corrected chi connectivity index (χ1v) is 9.30. The van der Waals surface area contributed by atoms with E-state index in [4.69, 9.17) is 14.2 Å². The van der Waals surface area contributed by atoms with E-state index in [9.17, 15) is 9.59 Å². The summed E-state index contributed by atoms with van der Waals surface area (Å²) >= 11 is 0. The van der Waals surface area contributed by atoms with Gasteiger partial charge in [0.2, 0.25) is 0 Å². The number of aryl methyl sites for hydroxylation is 2. The molecule has 1 atom stereocenters. The maximum absolute atomic E-state index is 12.4. The van der Waals surface area contributed by atoms with Crippen LogP contribution < -0.4 is 14.8 Å². The molecular formula is C22H27NO5. The summed E-state index contributed by atoms with van der Waals surface area (Å²) in [4.78, 5) is 24.5. The molecule has 1 amide bonds. The molecule has 0 fully saturated rings. The van der Waals surface area contributed by atoms with Crippen molar-refractivity contribution in [2.75, 3.05) is 19.0 Å². The number of carbonyl (C=O) groups is 2. The highest BCUT2D eigenvalue weighted by Crippen LogP contribution is 2.25. The summed E-state index contributed by atoms with van der Waals surface area (Å²) in [5.41, 5.74) is 2.46. The molecule has 2 aromatic rings. The van der Waals surface area contributed by atoms with Crippen molar-refractivity contribution in [1.82, 2.24) is 0 Å². The standard InChI is InChI=1S/C22H27NO5/c1-5-27-19-9-7-6-8-17(19)11-13-21(24)28-16(3)22(25)23-18-14-15(2)10-12-20(18)26-4/h6-10,12,14,16H,5,11,13H2,1-4H3,(H,23,25)/t16-/m0/s1. The van der Waals surface area contributed by atoms with Gasteiger partial charge in [0.15, 0.2) is 6.10 Å². The summed E-state index contributed by atoms with van der Waals surface area (Å²) in [6.45, 7) is 5.93. The third kappa shape index (κ3) is 6.01. The van der Waals surface area contributed by atoms with Crippen LogP contribution in [-0.2, 0) is 20.7 Å². The Kier molecular flexibility index (Phi) is 7.87. The highest BCUT2D eigenvalue weighted by molar-refractivity contribution is 5.96. The second kappa shape index (κ2) is 10.3. The molecule has 0 bridgehead atoms. The minimum atomic E-state index is -0.917. The Morgan fingerprint density at radius 2 is 1.86 bits per heavy atom. The number of ether oxygens (including phenoxy) is 3. The van der Waals surface area contributed by atoms with Gasteiger partial charge < -0.3 is 19.5 Å². The number of benzene rings is 2. The van der Waals surface area contributed by atoms with Gasteiger partial charge in [0.1, 0.15) is 11.5 Å². The maximum Gasteiger partial charge on any atom is 0.306 e. The van der Waals surface area contributed by atoms with E-state index in [0.29, 0.717) is 24.5 Å². The van der Waals surface area contributed by atoms with Crippen LogP contribution in [0.5, 0.6) is 11.5 Å². The summed E-state index contributed by atoms with van der Waals surface area (Å²) in [7, 11) is 1.53. The molecular weight excluding hydrogens is 358 g/mol. The minimum Gasteiger partial charge on any atom is -0.495 e. The van der Waals surface area contributed by atoms with Gasteiger partial charge in [-0.1, -0.05) is 24.3 Å². The van der Waals surface area contributed by atoms with Crippen LogP contribution in [0.15, 0.2) is 42.5 Å². The number of hydrogen-bond acceptors (Lipinski definition) is 5. The molecule has 0 radical (unpaired) electrons. The molecule has 0 aliphatic carbocycles. The topological polar surface area (TPSA) is 73.9 Å². The third-order valence-electron chi connectivity index (χ3n) is 4.16. The zero-order chi connectivity index (χ0) is 20.5. The lowest BCUT2D eigenvalue weighted by atomic mass is 10.1. The van der Waals surface area contributed by atoms with E-state index in [0.717, 1.165) is 16.9 Å². The summed E-state index contributed by atoms with van der Waals surface area (Å²) in [6.07, 6.45) is -0.273. The highest BCUT2D eigenvalue weighted by Gasteiger charge is 2.19.